The third-order valence-electron chi connectivity index (χ3n) is 4.87. The summed E-state index contributed by atoms with van der Waals surface area (Å²) in [5, 5.41) is 0. The standard InChI is InChI=1S/C24H42O4/c1-21(2)15-14-18-22(17-11-8-9-13-20-24(26)28-4)16-10-6-5-7-12-19-23(25)27-3/h15-16H,5-14,17-20H2,1-4H3/b22-16-. The molecule has 0 atom stereocenters. The Morgan fingerprint density at radius 2 is 1.11 bits per heavy atom. The van der Waals surface area contributed by atoms with Crippen LogP contribution >= 0.6 is 0 Å². The number of hydrogen-bond acceptors (Lipinski definition) is 4. The van der Waals surface area contributed by atoms with Crippen LogP contribution in [0.1, 0.15) is 104 Å². The molecular formula is C24H42O4. The highest BCUT2D eigenvalue weighted by Gasteiger charge is 2.02. The molecule has 162 valence electrons. The predicted molar refractivity (Wildman–Crippen MR) is 116 cm³/mol. The van der Waals surface area contributed by atoms with E-state index in [1.165, 1.54) is 45.5 Å². The molecule has 0 amide bonds. The summed E-state index contributed by atoms with van der Waals surface area (Å²) < 4.78 is 9.35. The summed E-state index contributed by atoms with van der Waals surface area (Å²) in [7, 11) is 2.90. The summed E-state index contributed by atoms with van der Waals surface area (Å²) in [6, 6.07) is 0. The van der Waals surface area contributed by atoms with Crippen LogP contribution in [0.3, 0.4) is 0 Å². The molecule has 0 aromatic rings. The van der Waals surface area contributed by atoms with Crippen molar-refractivity contribution in [2.24, 2.45) is 0 Å². The first-order valence-electron chi connectivity index (χ1n) is 10.9. The number of allylic oxidation sites excluding steroid dienone is 4. The van der Waals surface area contributed by atoms with Gasteiger partial charge in [-0.25, -0.2) is 0 Å². The zero-order valence-corrected chi connectivity index (χ0v) is 18.7. The van der Waals surface area contributed by atoms with Gasteiger partial charge in [-0.1, -0.05) is 49.0 Å². The van der Waals surface area contributed by atoms with E-state index in [1.54, 1.807) is 5.57 Å². The van der Waals surface area contributed by atoms with Crippen molar-refractivity contribution < 1.29 is 19.1 Å². The van der Waals surface area contributed by atoms with Gasteiger partial charge in [0, 0.05) is 12.8 Å². The smallest absolute Gasteiger partial charge is 0.305 e. The first-order valence-corrected chi connectivity index (χ1v) is 10.9. The molecule has 0 rings (SSSR count). The molecule has 0 aromatic carbocycles. The number of rotatable bonds is 17. The molecule has 0 spiro atoms. The van der Waals surface area contributed by atoms with E-state index in [4.69, 9.17) is 0 Å². The Kier molecular flexibility index (Phi) is 17.7. The van der Waals surface area contributed by atoms with Gasteiger partial charge < -0.3 is 9.47 Å². The summed E-state index contributed by atoms with van der Waals surface area (Å²) in [4.78, 5) is 22.2. The molecular weight excluding hydrogens is 352 g/mol. The molecule has 0 aromatic heterocycles. The van der Waals surface area contributed by atoms with Gasteiger partial charge in [0.2, 0.25) is 0 Å². The van der Waals surface area contributed by atoms with Crippen LogP contribution in [0.25, 0.3) is 0 Å². The summed E-state index contributed by atoms with van der Waals surface area (Å²) in [5.74, 6) is -0.207. The molecule has 4 heteroatoms. The van der Waals surface area contributed by atoms with E-state index >= 15 is 0 Å². The Labute approximate surface area is 172 Å². The second kappa shape index (κ2) is 18.8. The Balaban J connectivity index is 4.06. The largest absolute Gasteiger partial charge is 0.469 e. The molecule has 0 heterocycles. The molecule has 0 fully saturated rings. The summed E-state index contributed by atoms with van der Waals surface area (Å²) in [6.45, 7) is 4.30. The second-order valence-corrected chi connectivity index (χ2v) is 7.70. The second-order valence-electron chi connectivity index (χ2n) is 7.70. The first kappa shape index (κ1) is 26.4. The van der Waals surface area contributed by atoms with Crippen molar-refractivity contribution in [3.8, 4) is 0 Å². The highest BCUT2D eigenvalue weighted by atomic mass is 16.5. The van der Waals surface area contributed by atoms with Crippen LogP contribution in [-0.2, 0) is 19.1 Å². The minimum absolute atomic E-state index is 0.103. The number of esters is 2. The highest BCUT2D eigenvalue weighted by molar-refractivity contribution is 5.69. The van der Waals surface area contributed by atoms with Crippen LogP contribution in [0.5, 0.6) is 0 Å². The Hall–Kier alpha value is -1.58. The molecule has 0 aliphatic heterocycles. The van der Waals surface area contributed by atoms with Crippen molar-refractivity contribution in [3.05, 3.63) is 23.3 Å². The molecule has 0 radical (unpaired) electrons. The van der Waals surface area contributed by atoms with Crippen LogP contribution in [0.2, 0.25) is 0 Å². The Morgan fingerprint density at radius 1 is 0.607 bits per heavy atom. The van der Waals surface area contributed by atoms with Gasteiger partial charge in [-0.15, -0.1) is 0 Å². The van der Waals surface area contributed by atoms with Gasteiger partial charge in [-0.2, -0.15) is 0 Å². The molecule has 0 aliphatic rings. The van der Waals surface area contributed by atoms with Gasteiger partial charge in [0.1, 0.15) is 0 Å². The van der Waals surface area contributed by atoms with Crippen LogP contribution in [0.15, 0.2) is 23.3 Å². The molecule has 4 nitrogen and oxygen atoms in total. The monoisotopic (exact) mass is 394 g/mol. The molecule has 0 unspecified atom stereocenters. The van der Waals surface area contributed by atoms with Crippen LogP contribution in [0.4, 0.5) is 0 Å². The lowest BCUT2D eigenvalue weighted by Gasteiger charge is -2.08. The fraction of sp³-hybridized carbons (Fsp3) is 0.750. The predicted octanol–water partition coefficient (Wildman–Crippen LogP) is 6.69. The van der Waals surface area contributed by atoms with E-state index in [0.29, 0.717) is 12.8 Å². The van der Waals surface area contributed by atoms with Gasteiger partial charge in [-0.05, 0) is 65.2 Å². The van der Waals surface area contributed by atoms with Crippen molar-refractivity contribution in [1.82, 2.24) is 0 Å². The molecule has 0 saturated carbocycles. The molecule has 0 bridgehead atoms. The maximum Gasteiger partial charge on any atom is 0.305 e. The maximum atomic E-state index is 11.1. The number of hydrogen-bond donors (Lipinski definition) is 0. The quantitative estimate of drug-likeness (QED) is 0.157. The number of methoxy groups -OCH3 is 2. The van der Waals surface area contributed by atoms with E-state index in [0.717, 1.165) is 51.4 Å². The van der Waals surface area contributed by atoms with Crippen molar-refractivity contribution in [3.63, 3.8) is 0 Å². The van der Waals surface area contributed by atoms with Gasteiger partial charge in [0.05, 0.1) is 14.2 Å². The average molecular weight is 395 g/mol. The number of ether oxygens (including phenoxy) is 2. The van der Waals surface area contributed by atoms with Gasteiger partial charge in [0.25, 0.3) is 0 Å². The van der Waals surface area contributed by atoms with E-state index < -0.39 is 0 Å². The van der Waals surface area contributed by atoms with Crippen LogP contribution in [-0.4, -0.2) is 26.2 Å². The number of carbonyl (C=O) groups excluding carboxylic acids is 2. The van der Waals surface area contributed by atoms with E-state index in [9.17, 15) is 9.59 Å². The van der Waals surface area contributed by atoms with E-state index in [-0.39, 0.29) is 11.9 Å². The van der Waals surface area contributed by atoms with E-state index in [2.05, 4.69) is 35.5 Å². The molecule has 0 aliphatic carbocycles. The Morgan fingerprint density at radius 3 is 1.61 bits per heavy atom. The van der Waals surface area contributed by atoms with Crippen LogP contribution in [0, 0.1) is 0 Å². The highest BCUT2D eigenvalue weighted by Crippen LogP contribution is 2.19. The normalized spacial score (nSPS) is 11.2. The van der Waals surface area contributed by atoms with Gasteiger partial charge in [-0.3, -0.25) is 9.59 Å². The van der Waals surface area contributed by atoms with Gasteiger partial charge in [0.15, 0.2) is 0 Å². The van der Waals surface area contributed by atoms with Crippen LogP contribution < -0.4 is 0 Å². The lowest BCUT2D eigenvalue weighted by atomic mass is 9.99. The minimum atomic E-state index is -0.104. The fourth-order valence-corrected chi connectivity index (χ4v) is 3.13. The molecule has 28 heavy (non-hydrogen) atoms. The first-order chi connectivity index (χ1) is 13.5. The fourth-order valence-electron chi connectivity index (χ4n) is 3.13. The third-order valence-corrected chi connectivity index (χ3v) is 4.87. The van der Waals surface area contributed by atoms with Crippen molar-refractivity contribution >= 4 is 11.9 Å². The van der Waals surface area contributed by atoms with Gasteiger partial charge >= 0.3 is 11.9 Å². The van der Waals surface area contributed by atoms with E-state index in [1.807, 2.05) is 0 Å². The lowest BCUT2D eigenvalue weighted by Crippen LogP contribution is -1.99. The summed E-state index contributed by atoms with van der Waals surface area (Å²) >= 11 is 0. The van der Waals surface area contributed by atoms with Crippen molar-refractivity contribution in [1.29, 1.82) is 0 Å². The number of unbranched alkanes of at least 4 members (excludes halogenated alkanes) is 7. The zero-order valence-electron chi connectivity index (χ0n) is 18.7. The topological polar surface area (TPSA) is 52.6 Å². The summed E-state index contributed by atoms with van der Waals surface area (Å²) in [6.07, 6.45) is 19.2. The number of carbonyl (C=O) groups is 2. The maximum absolute atomic E-state index is 11.1. The molecule has 0 saturated heterocycles. The average Bonchev–Trinajstić information content (AvgIpc) is 2.68. The zero-order chi connectivity index (χ0) is 21.0. The van der Waals surface area contributed by atoms with Crippen molar-refractivity contribution in [2.75, 3.05) is 14.2 Å². The lowest BCUT2D eigenvalue weighted by molar-refractivity contribution is -0.141. The molecule has 0 N–H and O–H groups in total. The van der Waals surface area contributed by atoms with Crippen molar-refractivity contribution in [2.45, 2.75) is 104 Å². The minimum Gasteiger partial charge on any atom is -0.469 e. The third kappa shape index (κ3) is 17.8. The Bertz CT molecular complexity index is 473. The SMILES string of the molecule is COC(=O)CCCCCC/C=C(\CCC=C(C)C)CCCCCCC(=O)OC. The summed E-state index contributed by atoms with van der Waals surface area (Å²) in [5.41, 5.74) is 2.95.